The summed E-state index contributed by atoms with van der Waals surface area (Å²) in [6, 6.07) is 6.31. The minimum Gasteiger partial charge on any atom is -0.399 e. The van der Waals surface area contributed by atoms with E-state index in [4.69, 9.17) is 14.7 Å². The number of nitrogen functional groups attached to an aromatic ring is 1. The standard InChI is InChI=1S/C15H22N2O6S/c1-8(19)17-12-14(21)13(20)11(6-18)22-15(12)23-24-7-9-2-4-10(16)5-3-9/h2-5,11-15,18,20-21H,6-7,16H2,1H3,(H,17,19)/t11-,12-,13-,14-,15+/m1/s1. The highest BCUT2D eigenvalue weighted by Crippen LogP contribution is 2.26. The summed E-state index contributed by atoms with van der Waals surface area (Å²) >= 11 is 1.07. The van der Waals surface area contributed by atoms with Gasteiger partial charge in [-0.25, -0.2) is 0 Å². The third-order valence-electron chi connectivity index (χ3n) is 3.62. The molecule has 5 atom stereocenters. The fraction of sp³-hybridized carbons (Fsp3) is 0.533. The molecule has 1 fully saturated rings. The number of nitrogens with two attached hydrogens (primary N) is 1. The number of anilines is 1. The zero-order chi connectivity index (χ0) is 17.7. The second kappa shape index (κ2) is 8.65. The van der Waals surface area contributed by atoms with Gasteiger partial charge in [-0.05, 0) is 29.7 Å². The molecule has 0 bridgehead atoms. The molecule has 1 saturated heterocycles. The van der Waals surface area contributed by atoms with E-state index in [9.17, 15) is 20.1 Å². The van der Waals surface area contributed by atoms with Crippen LogP contribution in [0.25, 0.3) is 0 Å². The van der Waals surface area contributed by atoms with Crippen molar-refractivity contribution in [1.82, 2.24) is 5.32 Å². The van der Waals surface area contributed by atoms with Crippen LogP contribution < -0.4 is 11.1 Å². The normalized spacial score (nSPS) is 30.1. The summed E-state index contributed by atoms with van der Waals surface area (Å²) in [4.78, 5) is 11.3. The van der Waals surface area contributed by atoms with Crippen molar-refractivity contribution in [2.75, 3.05) is 12.3 Å². The van der Waals surface area contributed by atoms with Crippen LogP contribution in [0.15, 0.2) is 24.3 Å². The van der Waals surface area contributed by atoms with Gasteiger partial charge in [0.1, 0.15) is 24.4 Å². The number of carbonyl (C=O) groups excluding carboxylic acids is 1. The average molecular weight is 358 g/mol. The van der Waals surface area contributed by atoms with Crippen LogP contribution in [-0.2, 0) is 19.5 Å². The molecule has 1 amide bonds. The molecule has 6 N–H and O–H groups in total. The largest absolute Gasteiger partial charge is 0.399 e. The van der Waals surface area contributed by atoms with E-state index in [2.05, 4.69) is 5.32 Å². The summed E-state index contributed by atoms with van der Waals surface area (Å²) < 4.78 is 11.0. The summed E-state index contributed by atoms with van der Waals surface area (Å²) in [5.41, 5.74) is 7.26. The smallest absolute Gasteiger partial charge is 0.217 e. The molecule has 8 nitrogen and oxygen atoms in total. The van der Waals surface area contributed by atoms with Gasteiger partial charge in [0.2, 0.25) is 5.91 Å². The van der Waals surface area contributed by atoms with Crippen LogP contribution in [0, 0.1) is 0 Å². The Bertz CT molecular complexity index is 543. The first kappa shape index (κ1) is 19.0. The van der Waals surface area contributed by atoms with Gasteiger partial charge in [0.05, 0.1) is 6.61 Å². The van der Waals surface area contributed by atoms with Gasteiger partial charge in [0, 0.05) is 18.4 Å². The molecular formula is C15H22N2O6S. The number of benzene rings is 1. The minimum absolute atomic E-state index is 0.394. The fourth-order valence-corrected chi connectivity index (χ4v) is 3.03. The molecule has 1 aromatic rings. The maximum Gasteiger partial charge on any atom is 0.217 e. The van der Waals surface area contributed by atoms with Gasteiger partial charge in [-0.15, -0.1) is 0 Å². The SMILES string of the molecule is CC(=O)N[C@H]1[C@H](OSCc2ccc(N)cc2)O[C@H](CO)[C@@H](O)[C@@H]1O. The number of aliphatic hydroxyl groups is 3. The molecule has 1 heterocycles. The molecule has 9 heteroatoms. The molecule has 0 unspecified atom stereocenters. The number of rotatable bonds is 6. The van der Waals surface area contributed by atoms with E-state index in [1.54, 1.807) is 12.1 Å². The number of amides is 1. The number of carbonyl (C=O) groups is 1. The highest BCUT2D eigenvalue weighted by atomic mass is 32.2. The Morgan fingerprint density at radius 3 is 2.58 bits per heavy atom. The zero-order valence-corrected chi connectivity index (χ0v) is 14.0. The van der Waals surface area contributed by atoms with E-state index in [0.717, 1.165) is 17.6 Å². The quantitative estimate of drug-likeness (QED) is 0.335. The van der Waals surface area contributed by atoms with Crippen molar-refractivity contribution in [3.8, 4) is 0 Å². The van der Waals surface area contributed by atoms with E-state index >= 15 is 0 Å². The summed E-state index contributed by atoms with van der Waals surface area (Å²) in [7, 11) is 0. The van der Waals surface area contributed by atoms with Gasteiger partial charge in [-0.1, -0.05) is 12.1 Å². The Labute approximate surface area is 144 Å². The molecule has 0 saturated carbocycles. The van der Waals surface area contributed by atoms with Crippen LogP contribution in [0.3, 0.4) is 0 Å². The summed E-state index contributed by atoms with van der Waals surface area (Å²) in [6.07, 6.45) is -4.65. The van der Waals surface area contributed by atoms with E-state index in [-0.39, 0.29) is 0 Å². The highest BCUT2D eigenvalue weighted by molar-refractivity contribution is 7.93. The lowest BCUT2D eigenvalue weighted by Crippen LogP contribution is -2.64. The first-order valence-electron chi connectivity index (χ1n) is 7.44. The van der Waals surface area contributed by atoms with Crippen LogP contribution in [0.1, 0.15) is 12.5 Å². The van der Waals surface area contributed by atoms with Crippen molar-refractivity contribution < 1.29 is 29.0 Å². The molecule has 1 aliphatic heterocycles. The van der Waals surface area contributed by atoms with Gasteiger partial charge >= 0.3 is 0 Å². The number of nitrogens with one attached hydrogen (secondary N) is 1. The molecule has 0 aliphatic carbocycles. The van der Waals surface area contributed by atoms with Gasteiger partial charge in [-0.3, -0.25) is 8.98 Å². The molecule has 134 valence electrons. The summed E-state index contributed by atoms with van der Waals surface area (Å²) in [5, 5.41) is 31.8. The van der Waals surface area contributed by atoms with Crippen molar-refractivity contribution in [3.63, 3.8) is 0 Å². The molecule has 24 heavy (non-hydrogen) atoms. The first-order valence-corrected chi connectivity index (χ1v) is 8.35. The second-order valence-electron chi connectivity index (χ2n) is 5.53. The van der Waals surface area contributed by atoms with Crippen LogP contribution in [-0.4, -0.2) is 58.5 Å². The van der Waals surface area contributed by atoms with Crippen LogP contribution in [0.5, 0.6) is 0 Å². The van der Waals surface area contributed by atoms with E-state index < -0.39 is 43.2 Å². The Hall–Kier alpha value is -1.36. The minimum atomic E-state index is -1.33. The Morgan fingerprint density at radius 1 is 1.33 bits per heavy atom. The predicted molar refractivity (Wildman–Crippen MR) is 88.6 cm³/mol. The molecule has 2 rings (SSSR count). The molecule has 0 aromatic heterocycles. The fourth-order valence-electron chi connectivity index (χ4n) is 2.34. The van der Waals surface area contributed by atoms with Gasteiger partial charge in [0.15, 0.2) is 6.29 Å². The number of hydrogen-bond donors (Lipinski definition) is 5. The van der Waals surface area contributed by atoms with Crippen LogP contribution >= 0.6 is 12.0 Å². The van der Waals surface area contributed by atoms with Crippen molar-refractivity contribution in [2.24, 2.45) is 0 Å². The predicted octanol–water partition coefficient (Wildman–Crippen LogP) is -0.623. The first-order chi connectivity index (χ1) is 11.4. The zero-order valence-electron chi connectivity index (χ0n) is 13.2. The second-order valence-corrected chi connectivity index (χ2v) is 6.25. The van der Waals surface area contributed by atoms with Crippen molar-refractivity contribution in [1.29, 1.82) is 0 Å². The Morgan fingerprint density at radius 2 is 2.00 bits per heavy atom. The summed E-state index contributed by atoms with van der Waals surface area (Å²) in [6.45, 7) is 0.809. The molecular weight excluding hydrogens is 336 g/mol. The topological polar surface area (TPSA) is 134 Å². The van der Waals surface area contributed by atoms with E-state index in [1.165, 1.54) is 6.92 Å². The molecule has 1 aliphatic rings. The van der Waals surface area contributed by atoms with Crippen molar-refractivity contribution in [2.45, 2.75) is 43.3 Å². The maximum absolute atomic E-state index is 11.3. The van der Waals surface area contributed by atoms with Crippen LogP contribution in [0.2, 0.25) is 0 Å². The van der Waals surface area contributed by atoms with Gasteiger partial charge < -0.3 is 31.1 Å². The van der Waals surface area contributed by atoms with Gasteiger partial charge in [0.25, 0.3) is 0 Å². The highest BCUT2D eigenvalue weighted by Gasteiger charge is 2.45. The Kier molecular flexibility index (Phi) is 6.84. The molecule has 0 radical (unpaired) electrons. The number of aliphatic hydroxyl groups excluding tert-OH is 3. The lowest BCUT2D eigenvalue weighted by Gasteiger charge is -2.41. The summed E-state index contributed by atoms with van der Waals surface area (Å²) in [5.74, 6) is 0.101. The van der Waals surface area contributed by atoms with Crippen molar-refractivity contribution >= 4 is 23.6 Å². The van der Waals surface area contributed by atoms with E-state index in [1.807, 2.05) is 12.1 Å². The lowest BCUT2D eigenvalue weighted by atomic mass is 9.97. The lowest BCUT2D eigenvalue weighted by molar-refractivity contribution is -0.240. The third-order valence-corrected chi connectivity index (χ3v) is 4.40. The monoisotopic (exact) mass is 358 g/mol. The van der Waals surface area contributed by atoms with Crippen molar-refractivity contribution in [3.05, 3.63) is 29.8 Å². The van der Waals surface area contributed by atoms with Gasteiger partial charge in [-0.2, -0.15) is 0 Å². The van der Waals surface area contributed by atoms with E-state index in [0.29, 0.717) is 11.4 Å². The average Bonchev–Trinajstić information content (AvgIpc) is 2.55. The number of ether oxygens (including phenoxy) is 1. The third kappa shape index (κ3) is 4.82. The van der Waals surface area contributed by atoms with Crippen LogP contribution in [0.4, 0.5) is 5.69 Å². The number of hydrogen-bond acceptors (Lipinski definition) is 8. The Balaban J connectivity index is 1.97. The maximum atomic E-state index is 11.3. The molecule has 0 spiro atoms. The molecule has 1 aromatic carbocycles.